The summed E-state index contributed by atoms with van der Waals surface area (Å²) >= 11 is 0. The Morgan fingerprint density at radius 2 is 1.60 bits per heavy atom. The van der Waals surface area contributed by atoms with Crippen molar-refractivity contribution in [2.45, 2.75) is 58.4 Å². The number of nitrogens with two attached hydrogens (primary N) is 1. The molecule has 0 radical (unpaired) electrons. The first kappa shape index (κ1) is 11.4. The summed E-state index contributed by atoms with van der Waals surface area (Å²) in [5.41, 5.74) is 7.54. The molecule has 0 bridgehead atoms. The van der Waals surface area contributed by atoms with Crippen LogP contribution in [0.2, 0.25) is 0 Å². The van der Waals surface area contributed by atoms with Crippen molar-refractivity contribution in [1.29, 1.82) is 0 Å². The third-order valence-corrected chi connectivity index (χ3v) is 5.07. The summed E-state index contributed by atoms with van der Waals surface area (Å²) in [5.74, 6) is 0. The second-order valence-electron chi connectivity index (χ2n) is 6.61. The summed E-state index contributed by atoms with van der Waals surface area (Å²) in [6.45, 7) is 9.29. The Hall–Kier alpha value is -0.0800. The molecule has 1 saturated carbocycles. The Balaban J connectivity index is 2.30. The molecule has 1 spiro atoms. The Kier molecular flexibility index (Phi) is 2.63. The normalized spacial score (nSPS) is 36.0. The summed E-state index contributed by atoms with van der Waals surface area (Å²) in [6, 6.07) is 0. The lowest BCUT2D eigenvalue weighted by atomic mass is 9.57. The molecule has 1 heterocycles. The lowest BCUT2D eigenvalue weighted by molar-refractivity contribution is 0.0226. The highest BCUT2D eigenvalue weighted by Crippen LogP contribution is 2.57. The second kappa shape index (κ2) is 3.46. The fourth-order valence-electron chi connectivity index (χ4n) is 3.97. The van der Waals surface area contributed by atoms with Crippen LogP contribution in [-0.4, -0.2) is 18.6 Å². The van der Waals surface area contributed by atoms with Crippen molar-refractivity contribution in [1.82, 2.24) is 5.32 Å². The smallest absolute Gasteiger partial charge is 0.0261 e. The molecule has 0 amide bonds. The minimum atomic E-state index is 0.0576. The quantitative estimate of drug-likeness (QED) is 0.644. The van der Waals surface area contributed by atoms with E-state index in [9.17, 15) is 0 Å². The molecule has 2 rings (SSSR count). The molecular weight excluding hydrogens is 184 g/mol. The Morgan fingerprint density at radius 1 is 1.00 bits per heavy atom. The standard InChI is InChI=1S/C13H26N2/c1-11(2,3)13(14)6-4-5-12(13)7-9-15-10-8-12/h15H,4-10,14H2,1-3H3/t13-/m1/s1. The summed E-state index contributed by atoms with van der Waals surface area (Å²) in [4.78, 5) is 0. The van der Waals surface area contributed by atoms with Crippen LogP contribution in [0.1, 0.15) is 52.9 Å². The monoisotopic (exact) mass is 210 g/mol. The Morgan fingerprint density at radius 3 is 2.13 bits per heavy atom. The van der Waals surface area contributed by atoms with Crippen molar-refractivity contribution in [3.8, 4) is 0 Å². The minimum Gasteiger partial charge on any atom is -0.324 e. The van der Waals surface area contributed by atoms with E-state index in [1.165, 1.54) is 32.1 Å². The van der Waals surface area contributed by atoms with Crippen molar-refractivity contribution in [3.05, 3.63) is 0 Å². The van der Waals surface area contributed by atoms with Crippen LogP contribution >= 0.6 is 0 Å². The van der Waals surface area contributed by atoms with Gasteiger partial charge in [0.05, 0.1) is 0 Å². The zero-order valence-electron chi connectivity index (χ0n) is 10.5. The van der Waals surface area contributed by atoms with Crippen molar-refractivity contribution in [2.24, 2.45) is 16.6 Å². The number of rotatable bonds is 0. The average Bonchev–Trinajstić information content (AvgIpc) is 2.46. The minimum absolute atomic E-state index is 0.0576. The number of hydrogen-bond donors (Lipinski definition) is 2. The number of nitrogens with one attached hydrogen (secondary N) is 1. The Bertz CT molecular complexity index is 235. The van der Waals surface area contributed by atoms with Crippen LogP contribution in [0.3, 0.4) is 0 Å². The van der Waals surface area contributed by atoms with Gasteiger partial charge in [-0.05, 0) is 49.6 Å². The van der Waals surface area contributed by atoms with E-state index in [4.69, 9.17) is 5.73 Å². The van der Waals surface area contributed by atoms with E-state index in [1.807, 2.05) is 0 Å². The van der Waals surface area contributed by atoms with Crippen molar-refractivity contribution < 1.29 is 0 Å². The first-order valence-corrected chi connectivity index (χ1v) is 6.41. The fraction of sp³-hybridized carbons (Fsp3) is 1.00. The van der Waals surface area contributed by atoms with Crippen LogP contribution in [0, 0.1) is 10.8 Å². The third-order valence-electron chi connectivity index (χ3n) is 5.07. The molecule has 2 fully saturated rings. The zero-order valence-corrected chi connectivity index (χ0v) is 10.5. The first-order valence-electron chi connectivity index (χ1n) is 6.41. The molecule has 1 saturated heterocycles. The molecule has 0 aromatic carbocycles. The highest BCUT2D eigenvalue weighted by Gasteiger charge is 2.57. The maximum Gasteiger partial charge on any atom is 0.0261 e. The zero-order chi connectivity index (χ0) is 11.2. The lowest BCUT2D eigenvalue weighted by Crippen LogP contribution is -2.62. The summed E-state index contributed by atoms with van der Waals surface area (Å²) in [5, 5.41) is 3.47. The van der Waals surface area contributed by atoms with Gasteiger partial charge in [-0.25, -0.2) is 0 Å². The Labute approximate surface area is 94.0 Å². The van der Waals surface area contributed by atoms with Gasteiger partial charge in [0.15, 0.2) is 0 Å². The highest BCUT2D eigenvalue weighted by molar-refractivity contribution is 5.13. The molecule has 15 heavy (non-hydrogen) atoms. The van der Waals surface area contributed by atoms with Crippen LogP contribution in [0.15, 0.2) is 0 Å². The van der Waals surface area contributed by atoms with Gasteiger partial charge in [-0.3, -0.25) is 0 Å². The third kappa shape index (κ3) is 1.53. The van der Waals surface area contributed by atoms with Crippen LogP contribution in [0.25, 0.3) is 0 Å². The van der Waals surface area contributed by atoms with Gasteiger partial charge in [0.2, 0.25) is 0 Å². The molecule has 1 atom stereocenters. The molecule has 1 aliphatic carbocycles. The van der Waals surface area contributed by atoms with Gasteiger partial charge in [0, 0.05) is 5.54 Å². The van der Waals surface area contributed by atoms with Gasteiger partial charge < -0.3 is 11.1 Å². The fourth-order valence-corrected chi connectivity index (χ4v) is 3.97. The largest absolute Gasteiger partial charge is 0.324 e. The summed E-state index contributed by atoms with van der Waals surface area (Å²) < 4.78 is 0. The van der Waals surface area contributed by atoms with Crippen molar-refractivity contribution >= 4 is 0 Å². The molecule has 1 aliphatic heterocycles. The van der Waals surface area contributed by atoms with E-state index in [0.717, 1.165) is 13.1 Å². The highest BCUT2D eigenvalue weighted by atomic mass is 14.9. The van der Waals surface area contributed by atoms with Gasteiger partial charge >= 0.3 is 0 Å². The van der Waals surface area contributed by atoms with Gasteiger partial charge in [-0.1, -0.05) is 27.2 Å². The molecule has 2 nitrogen and oxygen atoms in total. The summed E-state index contributed by atoms with van der Waals surface area (Å²) in [6.07, 6.45) is 6.45. The van der Waals surface area contributed by atoms with E-state index < -0.39 is 0 Å². The first-order chi connectivity index (χ1) is 6.91. The van der Waals surface area contributed by atoms with Crippen LogP contribution in [-0.2, 0) is 0 Å². The lowest BCUT2D eigenvalue weighted by Gasteiger charge is -2.53. The topological polar surface area (TPSA) is 38.0 Å². The molecule has 0 aromatic heterocycles. The van der Waals surface area contributed by atoms with Crippen LogP contribution < -0.4 is 11.1 Å². The molecule has 0 unspecified atom stereocenters. The van der Waals surface area contributed by atoms with E-state index in [0.29, 0.717) is 5.41 Å². The van der Waals surface area contributed by atoms with Crippen molar-refractivity contribution in [2.75, 3.05) is 13.1 Å². The predicted molar refractivity (Wildman–Crippen MR) is 64.8 cm³/mol. The summed E-state index contributed by atoms with van der Waals surface area (Å²) in [7, 11) is 0. The van der Waals surface area contributed by atoms with Crippen molar-refractivity contribution in [3.63, 3.8) is 0 Å². The molecule has 2 aliphatic rings. The predicted octanol–water partition coefficient (Wildman–Crippen LogP) is 2.28. The van der Waals surface area contributed by atoms with Gasteiger partial charge in [0.1, 0.15) is 0 Å². The van der Waals surface area contributed by atoms with Gasteiger partial charge in [-0.2, -0.15) is 0 Å². The van der Waals surface area contributed by atoms with E-state index in [1.54, 1.807) is 0 Å². The van der Waals surface area contributed by atoms with E-state index in [-0.39, 0.29) is 11.0 Å². The van der Waals surface area contributed by atoms with Gasteiger partial charge in [-0.15, -0.1) is 0 Å². The molecular formula is C13H26N2. The van der Waals surface area contributed by atoms with Crippen LogP contribution in [0.5, 0.6) is 0 Å². The van der Waals surface area contributed by atoms with Gasteiger partial charge in [0.25, 0.3) is 0 Å². The molecule has 2 heteroatoms. The van der Waals surface area contributed by atoms with Crippen LogP contribution in [0.4, 0.5) is 0 Å². The molecule has 3 N–H and O–H groups in total. The van der Waals surface area contributed by atoms with E-state index in [2.05, 4.69) is 26.1 Å². The van der Waals surface area contributed by atoms with E-state index >= 15 is 0 Å². The average molecular weight is 210 g/mol. The number of hydrogen-bond acceptors (Lipinski definition) is 2. The number of piperidine rings is 1. The second-order valence-corrected chi connectivity index (χ2v) is 6.61. The maximum atomic E-state index is 6.82. The molecule has 0 aromatic rings. The SMILES string of the molecule is CC(C)(C)[C@]1(N)CCCC12CCNCC2. The maximum absolute atomic E-state index is 6.82. The molecule has 88 valence electrons.